The molecular formula is C26H34N4O6S2. The number of rotatable bonds is 15. The molecule has 0 aliphatic heterocycles. The number of nitrogens with two attached hydrogens (primary N) is 1. The first-order chi connectivity index (χ1) is 18.1. The third kappa shape index (κ3) is 10.3. The summed E-state index contributed by atoms with van der Waals surface area (Å²) >= 11 is 5.49. The summed E-state index contributed by atoms with van der Waals surface area (Å²) in [5.74, 6) is -2.43. The highest BCUT2D eigenvalue weighted by molar-refractivity contribution is 7.98. The number of carbonyl (C=O) groups excluding carboxylic acids is 3. The first kappa shape index (κ1) is 31.0. The number of carboxylic acids is 1. The van der Waals surface area contributed by atoms with Crippen LogP contribution >= 0.6 is 24.4 Å². The second kappa shape index (κ2) is 15.9. The molecule has 0 saturated carbocycles. The Balaban J connectivity index is 2.29. The average Bonchev–Trinajstić information content (AvgIpc) is 2.91. The van der Waals surface area contributed by atoms with Crippen LogP contribution in [-0.4, -0.2) is 75.8 Å². The van der Waals surface area contributed by atoms with E-state index in [2.05, 4.69) is 28.6 Å². The minimum Gasteiger partial charge on any atom is -0.508 e. The first-order valence-electron chi connectivity index (χ1n) is 12.0. The molecule has 0 fully saturated rings. The molecule has 12 heteroatoms. The second-order valence-electron chi connectivity index (χ2n) is 8.65. The smallest absolute Gasteiger partial charge is 0.326 e. The molecule has 2 rings (SSSR count). The number of benzene rings is 2. The highest BCUT2D eigenvalue weighted by Crippen LogP contribution is 2.12. The van der Waals surface area contributed by atoms with Crippen molar-refractivity contribution >= 4 is 48.1 Å². The Morgan fingerprint density at radius 2 is 1.34 bits per heavy atom. The van der Waals surface area contributed by atoms with Crippen molar-refractivity contribution in [2.75, 3.05) is 17.8 Å². The maximum Gasteiger partial charge on any atom is 0.326 e. The number of carbonyl (C=O) groups is 4. The van der Waals surface area contributed by atoms with Crippen LogP contribution in [0.1, 0.15) is 17.5 Å². The van der Waals surface area contributed by atoms with Gasteiger partial charge in [-0.2, -0.15) is 24.4 Å². The molecule has 0 radical (unpaired) electrons. The van der Waals surface area contributed by atoms with Crippen molar-refractivity contribution in [3.05, 3.63) is 65.7 Å². The van der Waals surface area contributed by atoms with Crippen molar-refractivity contribution in [3.8, 4) is 5.75 Å². The van der Waals surface area contributed by atoms with Crippen LogP contribution in [0.4, 0.5) is 0 Å². The minimum absolute atomic E-state index is 0.0462. The van der Waals surface area contributed by atoms with Crippen LogP contribution in [-0.2, 0) is 32.0 Å². The summed E-state index contributed by atoms with van der Waals surface area (Å²) in [5.41, 5.74) is 7.18. The molecule has 0 heterocycles. The highest BCUT2D eigenvalue weighted by atomic mass is 32.2. The number of phenolic OH excluding ortho intramolecular Hbond substituents is 1. The molecule has 0 spiro atoms. The zero-order chi connectivity index (χ0) is 28.1. The maximum atomic E-state index is 13.4. The number of carboxylic acid groups (broad SMARTS) is 1. The van der Waals surface area contributed by atoms with E-state index in [9.17, 15) is 29.4 Å². The number of amides is 3. The molecule has 7 N–H and O–H groups in total. The standard InChI is InChI=1S/C26H34N4O6S2/c1-38-12-11-20(26(35)36)28-24(33)22(13-16-5-3-2-4-6-16)30-25(34)21(29-23(32)19(27)15-37)14-17-7-9-18(31)10-8-17/h2-10,19-22,31,37H,11-15,27H2,1H3,(H,28,33)(H,29,32)(H,30,34)(H,35,36). The van der Waals surface area contributed by atoms with Gasteiger partial charge in [0.25, 0.3) is 0 Å². The van der Waals surface area contributed by atoms with Crippen LogP contribution in [0.15, 0.2) is 54.6 Å². The van der Waals surface area contributed by atoms with Gasteiger partial charge in [0, 0.05) is 18.6 Å². The van der Waals surface area contributed by atoms with E-state index in [1.807, 2.05) is 12.3 Å². The molecule has 206 valence electrons. The van der Waals surface area contributed by atoms with Crippen molar-refractivity contribution in [3.63, 3.8) is 0 Å². The Kier molecular flexibility index (Phi) is 13.0. The van der Waals surface area contributed by atoms with Gasteiger partial charge in [0.15, 0.2) is 0 Å². The number of nitrogens with one attached hydrogen (secondary N) is 3. The van der Waals surface area contributed by atoms with E-state index < -0.39 is 47.9 Å². The van der Waals surface area contributed by atoms with Crippen molar-refractivity contribution in [1.82, 2.24) is 16.0 Å². The fourth-order valence-electron chi connectivity index (χ4n) is 3.54. The van der Waals surface area contributed by atoms with Crippen LogP contribution in [0, 0.1) is 0 Å². The largest absolute Gasteiger partial charge is 0.508 e. The lowest BCUT2D eigenvalue weighted by atomic mass is 10.0. The summed E-state index contributed by atoms with van der Waals surface area (Å²) in [6, 6.07) is 10.8. The fourth-order valence-corrected chi connectivity index (χ4v) is 4.17. The zero-order valence-corrected chi connectivity index (χ0v) is 22.7. The number of hydrogen-bond donors (Lipinski definition) is 7. The zero-order valence-electron chi connectivity index (χ0n) is 21.0. The summed E-state index contributed by atoms with van der Waals surface area (Å²) in [7, 11) is 0. The number of phenols is 1. The van der Waals surface area contributed by atoms with Gasteiger partial charge in [-0.25, -0.2) is 4.79 Å². The fraction of sp³-hybridized carbons (Fsp3) is 0.385. The quantitative estimate of drug-likeness (QED) is 0.156. The van der Waals surface area contributed by atoms with Crippen LogP contribution in [0.2, 0.25) is 0 Å². The van der Waals surface area contributed by atoms with Gasteiger partial charge >= 0.3 is 5.97 Å². The predicted octanol–water partition coefficient (Wildman–Crippen LogP) is 0.727. The molecule has 0 saturated heterocycles. The van der Waals surface area contributed by atoms with Crippen molar-refractivity contribution in [2.45, 2.75) is 43.4 Å². The molecule has 2 aromatic carbocycles. The van der Waals surface area contributed by atoms with E-state index in [-0.39, 0.29) is 30.8 Å². The molecule has 4 unspecified atom stereocenters. The van der Waals surface area contributed by atoms with Gasteiger partial charge in [0.1, 0.15) is 23.9 Å². The Labute approximate surface area is 231 Å². The summed E-state index contributed by atoms with van der Waals surface area (Å²) in [5, 5.41) is 27.0. The molecule has 10 nitrogen and oxygen atoms in total. The summed E-state index contributed by atoms with van der Waals surface area (Å²) < 4.78 is 0. The third-order valence-corrected chi connectivity index (χ3v) is 6.72. The summed E-state index contributed by atoms with van der Waals surface area (Å²) in [6.07, 6.45) is 2.21. The van der Waals surface area contributed by atoms with Crippen molar-refractivity contribution in [1.29, 1.82) is 0 Å². The van der Waals surface area contributed by atoms with Gasteiger partial charge in [-0.1, -0.05) is 42.5 Å². The highest BCUT2D eigenvalue weighted by Gasteiger charge is 2.30. The molecule has 0 aromatic heterocycles. The third-order valence-electron chi connectivity index (χ3n) is 5.68. The molecule has 0 bridgehead atoms. The van der Waals surface area contributed by atoms with Crippen LogP contribution in [0.5, 0.6) is 5.75 Å². The monoisotopic (exact) mass is 562 g/mol. The molecule has 3 amide bonds. The Morgan fingerprint density at radius 3 is 1.84 bits per heavy atom. The predicted molar refractivity (Wildman–Crippen MR) is 150 cm³/mol. The van der Waals surface area contributed by atoms with Crippen molar-refractivity contribution < 1.29 is 29.4 Å². The lowest BCUT2D eigenvalue weighted by molar-refractivity contribution is -0.142. The van der Waals surface area contributed by atoms with Gasteiger partial charge in [0.05, 0.1) is 6.04 Å². The maximum absolute atomic E-state index is 13.4. The molecular weight excluding hydrogens is 528 g/mol. The number of thiol groups is 1. The Morgan fingerprint density at radius 1 is 0.842 bits per heavy atom. The SMILES string of the molecule is CSCCC(NC(=O)C(Cc1ccccc1)NC(=O)C(Cc1ccc(O)cc1)NC(=O)C(N)CS)C(=O)O. The van der Waals surface area contributed by atoms with Crippen LogP contribution in [0.25, 0.3) is 0 Å². The number of aromatic hydroxyl groups is 1. The Hall–Kier alpha value is -3.22. The topological polar surface area (TPSA) is 171 Å². The lowest BCUT2D eigenvalue weighted by Crippen LogP contribution is -2.58. The van der Waals surface area contributed by atoms with Gasteiger partial charge in [0.2, 0.25) is 17.7 Å². The van der Waals surface area contributed by atoms with Gasteiger partial charge in [-0.15, -0.1) is 0 Å². The van der Waals surface area contributed by atoms with Gasteiger partial charge < -0.3 is 31.9 Å². The van der Waals surface area contributed by atoms with E-state index in [0.29, 0.717) is 11.3 Å². The number of thioether (sulfide) groups is 1. The van der Waals surface area contributed by atoms with Gasteiger partial charge in [-0.3, -0.25) is 14.4 Å². The van der Waals surface area contributed by atoms with Crippen molar-refractivity contribution in [2.24, 2.45) is 5.73 Å². The van der Waals surface area contributed by atoms with E-state index in [1.54, 1.807) is 36.4 Å². The molecule has 0 aliphatic carbocycles. The summed E-state index contributed by atoms with van der Waals surface area (Å²) in [4.78, 5) is 50.8. The minimum atomic E-state index is -1.17. The number of hydrogen-bond acceptors (Lipinski definition) is 8. The van der Waals surface area contributed by atoms with Crippen LogP contribution in [0.3, 0.4) is 0 Å². The molecule has 38 heavy (non-hydrogen) atoms. The summed E-state index contributed by atoms with van der Waals surface area (Å²) in [6.45, 7) is 0. The van der Waals surface area contributed by atoms with E-state index in [4.69, 9.17) is 5.73 Å². The first-order valence-corrected chi connectivity index (χ1v) is 14.0. The normalized spacial score (nSPS) is 14.0. The Bertz CT molecular complexity index is 1070. The average molecular weight is 563 g/mol. The molecule has 2 aromatic rings. The van der Waals surface area contributed by atoms with E-state index >= 15 is 0 Å². The van der Waals surface area contributed by atoms with Crippen LogP contribution < -0.4 is 21.7 Å². The number of aliphatic carboxylic acids is 1. The molecule has 0 aliphatic rings. The second-order valence-corrected chi connectivity index (χ2v) is 10.0. The lowest BCUT2D eigenvalue weighted by Gasteiger charge is -2.25. The van der Waals surface area contributed by atoms with Gasteiger partial charge in [-0.05, 0) is 41.7 Å². The van der Waals surface area contributed by atoms with E-state index in [1.165, 1.54) is 23.9 Å². The van der Waals surface area contributed by atoms with E-state index in [0.717, 1.165) is 5.56 Å². The molecule has 4 atom stereocenters.